The third-order valence-corrected chi connectivity index (χ3v) is 5.15. The predicted molar refractivity (Wildman–Crippen MR) is 85.9 cm³/mol. The molecule has 21 heavy (non-hydrogen) atoms. The van der Waals surface area contributed by atoms with E-state index in [0.29, 0.717) is 11.4 Å². The number of benzene rings is 1. The predicted octanol–water partition coefficient (Wildman–Crippen LogP) is 1.12. The number of unbranched alkanes of at least 4 members (excludes halogenated alkanes) is 2. The maximum Gasteiger partial charge on any atom is 0.242 e. The van der Waals surface area contributed by atoms with Crippen molar-refractivity contribution in [1.29, 1.82) is 0 Å². The zero-order valence-corrected chi connectivity index (χ0v) is 13.7. The minimum atomic E-state index is -3.46. The average molecular weight is 315 g/mol. The molecule has 0 atom stereocenters. The molecule has 3 N–H and O–H groups in total. The van der Waals surface area contributed by atoms with Crippen LogP contribution in [-0.2, 0) is 10.0 Å². The van der Waals surface area contributed by atoms with E-state index < -0.39 is 10.0 Å². The summed E-state index contributed by atoms with van der Waals surface area (Å²) in [4.78, 5) is 2.18. The third-order valence-electron chi connectivity index (χ3n) is 3.34. The van der Waals surface area contributed by atoms with Crippen molar-refractivity contribution in [2.45, 2.75) is 24.2 Å². The van der Waals surface area contributed by atoms with Crippen LogP contribution in [0, 0.1) is 0 Å². The van der Waals surface area contributed by atoms with E-state index in [1.54, 1.807) is 12.1 Å². The van der Waals surface area contributed by atoms with Gasteiger partial charge in [0, 0.05) is 34.3 Å². The number of rotatable bonds is 8. The summed E-state index contributed by atoms with van der Waals surface area (Å²) in [6.45, 7) is 0.956. The van der Waals surface area contributed by atoms with Gasteiger partial charge in [-0.05, 0) is 37.5 Å². The molecule has 1 aromatic carbocycles. The maximum atomic E-state index is 12.2. The van der Waals surface area contributed by atoms with Crippen molar-refractivity contribution in [3.8, 4) is 0 Å². The maximum absolute atomic E-state index is 12.2. The Morgan fingerprint density at radius 3 is 2.38 bits per heavy atom. The fraction of sp³-hybridized carbons (Fsp3) is 0.571. The molecule has 0 amide bonds. The summed E-state index contributed by atoms with van der Waals surface area (Å²) in [6, 6.07) is 4.75. The molecule has 0 aliphatic carbocycles. The Bertz CT molecular complexity index is 559. The first-order valence-electron chi connectivity index (χ1n) is 6.94. The van der Waals surface area contributed by atoms with Crippen LogP contribution in [0.5, 0.6) is 0 Å². The van der Waals surface area contributed by atoms with Gasteiger partial charge in [0.1, 0.15) is 0 Å². The van der Waals surface area contributed by atoms with Crippen LogP contribution in [0.2, 0.25) is 0 Å². The minimum Gasteiger partial charge on any atom is -0.397 e. The Kier molecular flexibility index (Phi) is 6.44. The highest BCUT2D eigenvalue weighted by Gasteiger charge is 2.19. The summed E-state index contributed by atoms with van der Waals surface area (Å²) in [7, 11) is 1.43. The summed E-state index contributed by atoms with van der Waals surface area (Å²) in [5.41, 5.74) is 7.21. The summed E-state index contributed by atoms with van der Waals surface area (Å²) >= 11 is 0. The van der Waals surface area contributed by atoms with E-state index in [9.17, 15) is 8.42 Å². The van der Waals surface area contributed by atoms with Crippen molar-refractivity contribution in [2.75, 3.05) is 44.9 Å². The molecular weight excluding hydrogens is 290 g/mol. The zero-order chi connectivity index (χ0) is 16.0. The van der Waals surface area contributed by atoms with Crippen LogP contribution < -0.4 is 10.6 Å². The topological polar surface area (TPSA) is 86.9 Å². The molecule has 7 heteroatoms. The molecule has 0 bridgehead atoms. The van der Waals surface area contributed by atoms with Gasteiger partial charge in [-0.2, -0.15) is 0 Å². The molecule has 0 unspecified atom stereocenters. The molecule has 1 aromatic rings. The lowest BCUT2D eigenvalue weighted by atomic mass is 10.2. The van der Waals surface area contributed by atoms with Gasteiger partial charge in [0.05, 0.1) is 16.3 Å². The van der Waals surface area contributed by atoms with E-state index in [2.05, 4.69) is 0 Å². The molecule has 0 saturated heterocycles. The number of hydrogen-bond acceptors (Lipinski definition) is 5. The van der Waals surface area contributed by atoms with E-state index in [0.717, 1.165) is 25.8 Å². The Morgan fingerprint density at radius 2 is 1.81 bits per heavy atom. The number of nitrogen functional groups attached to an aromatic ring is 1. The molecule has 0 heterocycles. The van der Waals surface area contributed by atoms with Crippen molar-refractivity contribution in [3.05, 3.63) is 18.2 Å². The largest absolute Gasteiger partial charge is 0.397 e. The summed E-state index contributed by atoms with van der Waals surface area (Å²) in [5, 5.41) is 8.77. The van der Waals surface area contributed by atoms with Crippen LogP contribution in [0.4, 0.5) is 11.4 Å². The van der Waals surface area contributed by atoms with Crippen molar-refractivity contribution in [3.63, 3.8) is 0 Å². The summed E-state index contributed by atoms with van der Waals surface area (Å²) < 4.78 is 25.5. The number of nitrogens with zero attached hydrogens (tertiary/aromatic N) is 2. The smallest absolute Gasteiger partial charge is 0.242 e. The molecule has 120 valence electrons. The number of anilines is 2. The molecule has 0 fully saturated rings. The number of sulfonamides is 1. The van der Waals surface area contributed by atoms with Gasteiger partial charge < -0.3 is 15.7 Å². The Hall–Kier alpha value is -1.31. The number of aliphatic hydroxyl groups excluding tert-OH is 1. The summed E-state index contributed by atoms with van der Waals surface area (Å²) in [5.74, 6) is 0. The molecule has 6 nitrogen and oxygen atoms in total. The van der Waals surface area contributed by atoms with Gasteiger partial charge in [0.15, 0.2) is 0 Å². The third kappa shape index (κ3) is 4.59. The Labute approximate surface area is 127 Å². The molecule has 0 radical (unpaired) electrons. The fourth-order valence-electron chi connectivity index (χ4n) is 1.98. The molecule has 0 aromatic heterocycles. The van der Waals surface area contributed by atoms with Gasteiger partial charge in [0.25, 0.3) is 0 Å². The van der Waals surface area contributed by atoms with Crippen LogP contribution in [0.3, 0.4) is 0 Å². The highest BCUT2D eigenvalue weighted by atomic mass is 32.2. The van der Waals surface area contributed by atoms with Crippen molar-refractivity contribution < 1.29 is 13.5 Å². The van der Waals surface area contributed by atoms with E-state index in [-0.39, 0.29) is 11.5 Å². The van der Waals surface area contributed by atoms with Crippen LogP contribution in [0.15, 0.2) is 23.1 Å². The second kappa shape index (κ2) is 7.63. The van der Waals surface area contributed by atoms with Crippen molar-refractivity contribution in [1.82, 2.24) is 4.31 Å². The minimum absolute atomic E-state index is 0.197. The molecule has 0 spiro atoms. The van der Waals surface area contributed by atoms with E-state index >= 15 is 0 Å². The van der Waals surface area contributed by atoms with Crippen molar-refractivity contribution >= 4 is 21.4 Å². The first-order chi connectivity index (χ1) is 9.80. The van der Waals surface area contributed by atoms with Crippen LogP contribution in [0.1, 0.15) is 19.3 Å². The van der Waals surface area contributed by atoms with Crippen molar-refractivity contribution in [2.24, 2.45) is 0 Å². The molecule has 1 rings (SSSR count). The second-order valence-corrected chi connectivity index (χ2v) is 7.37. The normalized spacial score (nSPS) is 11.9. The standard InChI is InChI=1S/C14H25N3O3S/c1-16(2)21(19,20)12-7-8-13(15)14(11-12)17(3)9-5-4-6-10-18/h7-8,11,18H,4-6,9-10,15H2,1-3H3. The Balaban J connectivity index is 2.92. The molecule has 0 aliphatic rings. The molecular formula is C14H25N3O3S. The highest BCUT2D eigenvalue weighted by Crippen LogP contribution is 2.27. The van der Waals surface area contributed by atoms with Gasteiger partial charge >= 0.3 is 0 Å². The molecule has 0 saturated carbocycles. The van der Waals surface area contributed by atoms with E-state index in [4.69, 9.17) is 10.8 Å². The number of nitrogens with two attached hydrogens (primary N) is 1. The SMILES string of the molecule is CN(CCCCCO)c1cc(S(=O)(=O)N(C)C)ccc1N. The van der Waals surface area contributed by atoms with E-state index in [1.807, 2.05) is 11.9 Å². The van der Waals surface area contributed by atoms with Gasteiger partial charge in [-0.1, -0.05) is 0 Å². The quantitative estimate of drug-likeness (QED) is 0.554. The first kappa shape index (κ1) is 17.7. The van der Waals surface area contributed by atoms with E-state index in [1.165, 1.54) is 24.5 Å². The summed E-state index contributed by atoms with van der Waals surface area (Å²) in [6.07, 6.45) is 2.62. The Morgan fingerprint density at radius 1 is 1.14 bits per heavy atom. The van der Waals surface area contributed by atoms with Gasteiger partial charge in [0.2, 0.25) is 10.0 Å². The van der Waals surface area contributed by atoms with Crippen LogP contribution >= 0.6 is 0 Å². The highest BCUT2D eigenvalue weighted by molar-refractivity contribution is 7.89. The second-order valence-electron chi connectivity index (χ2n) is 5.21. The molecule has 0 aliphatic heterocycles. The van der Waals surface area contributed by atoms with Crippen LogP contribution in [0.25, 0.3) is 0 Å². The number of aliphatic hydroxyl groups is 1. The average Bonchev–Trinajstić information content (AvgIpc) is 2.43. The van der Waals surface area contributed by atoms with Gasteiger partial charge in [-0.15, -0.1) is 0 Å². The lowest BCUT2D eigenvalue weighted by molar-refractivity contribution is 0.283. The lowest BCUT2D eigenvalue weighted by Crippen LogP contribution is -2.24. The van der Waals surface area contributed by atoms with Gasteiger partial charge in [-0.25, -0.2) is 12.7 Å². The number of hydrogen-bond donors (Lipinski definition) is 2. The fourth-order valence-corrected chi connectivity index (χ4v) is 2.91. The first-order valence-corrected chi connectivity index (χ1v) is 8.38. The van der Waals surface area contributed by atoms with Crippen LogP contribution in [-0.4, -0.2) is 52.1 Å². The lowest BCUT2D eigenvalue weighted by Gasteiger charge is -2.22. The monoisotopic (exact) mass is 315 g/mol. The zero-order valence-electron chi connectivity index (χ0n) is 12.9. The van der Waals surface area contributed by atoms with Gasteiger partial charge in [-0.3, -0.25) is 0 Å².